The van der Waals surface area contributed by atoms with Crippen molar-refractivity contribution in [2.45, 2.75) is 37.1 Å². The first-order chi connectivity index (χ1) is 13.5. The first-order valence-corrected chi connectivity index (χ1v) is 11.6. The van der Waals surface area contributed by atoms with E-state index in [1.54, 1.807) is 6.07 Å². The minimum absolute atomic E-state index is 0.119. The molecular formula is C21H21ClN2O3S. The van der Waals surface area contributed by atoms with Gasteiger partial charge in [-0.3, -0.25) is 0 Å². The molecular weight excluding hydrogens is 396 g/mol. The van der Waals surface area contributed by atoms with Crippen LogP contribution in [0.1, 0.15) is 31.2 Å². The number of hydrogen-bond donors (Lipinski definition) is 0. The van der Waals surface area contributed by atoms with E-state index in [0.717, 1.165) is 37.1 Å². The number of rotatable bonds is 3. The molecule has 0 amide bonds. The summed E-state index contributed by atoms with van der Waals surface area (Å²) in [7, 11) is -3.37. The van der Waals surface area contributed by atoms with Crippen molar-refractivity contribution in [3.05, 3.63) is 59.1 Å². The van der Waals surface area contributed by atoms with Gasteiger partial charge in [-0.1, -0.05) is 35.9 Å². The molecule has 0 aromatic heterocycles. The molecule has 4 aliphatic rings. The molecule has 2 bridgehead atoms. The molecule has 1 aliphatic carbocycles. The van der Waals surface area contributed by atoms with Crippen molar-refractivity contribution in [3.8, 4) is 11.5 Å². The second-order valence-electron chi connectivity index (χ2n) is 7.76. The van der Waals surface area contributed by atoms with Gasteiger partial charge in [0.25, 0.3) is 10.0 Å². The first-order valence-electron chi connectivity index (χ1n) is 9.60. The van der Waals surface area contributed by atoms with Gasteiger partial charge in [0.1, 0.15) is 17.3 Å². The minimum Gasteiger partial charge on any atom is -0.456 e. The third-order valence-electron chi connectivity index (χ3n) is 6.24. The summed E-state index contributed by atoms with van der Waals surface area (Å²) in [5.41, 5.74) is 0.795. The maximum absolute atomic E-state index is 12.2. The molecule has 146 valence electrons. The number of nitrogens with zero attached hydrogens (tertiary/aromatic N) is 2. The number of hydrogen-bond acceptors (Lipinski definition) is 4. The number of sulfonamides is 1. The summed E-state index contributed by atoms with van der Waals surface area (Å²) >= 11 is 6.18. The summed E-state index contributed by atoms with van der Waals surface area (Å²) in [6, 6.07) is 15.7. The highest BCUT2D eigenvalue weighted by Gasteiger charge is 2.52. The zero-order valence-electron chi connectivity index (χ0n) is 15.3. The molecule has 0 atom stereocenters. The van der Waals surface area contributed by atoms with Gasteiger partial charge in [0.15, 0.2) is 0 Å². The molecule has 3 heterocycles. The Bertz CT molecular complexity index is 1040. The Morgan fingerprint density at radius 2 is 1.79 bits per heavy atom. The molecule has 3 fully saturated rings. The summed E-state index contributed by atoms with van der Waals surface area (Å²) in [6.45, 7) is 0.557. The van der Waals surface area contributed by atoms with Crippen LogP contribution in [0.25, 0.3) is 0 Å². The Kier molecular flexibility index (Phi) is 4.18. The predicted octanol–water partition coefficient (Wildman–Crippen LogP) is 4.37. The molecule has 1 saturated carbocycles. The lowest BCUT2D eigenvalue weighted by molar-refractivity contribution is 0.151. The fourth-order valence-corrected chi connectivity index (χ4v) is 6.05. The van der Waals surface area contributed by atoms with Crippen molar-refractivity contribution in [1.29, 1.82) is 0 Å². The molecule has 0 radical (unpaired) electrons. The quantitative estimate of drug-likeness (QED) is 0.745. The van der Waals surface area contributed by atoms with E-state index < -0.39 is 10.0 Å². The Hall–Kier alpha value is -2.05. The Morgan fingerprint density at radius 1 is 1.07 bits per heavy atom. The molecule has 2 saturated heterocycles. The molecule has 0 spiro atoms. The van der Waals surface area contributed by atoms with Crippen molar-refractivity contribution in [1.82, 2.24) is 4.90 Å². The number of benzene rings is 2. The van der Waals surface area contributed by atoms with Crippen LogP contribution in [0, 0.1) is 0 Å². The lowest BCUT2D eigenvalue weighted by Crippen LogP contribution is -2.62. The highest BCUT2D eigenvalue weighted by Crippen LogP contribution is 2.49. The fourth-order valence-electron chi connectivity index (χ4n) is 4.81. The largest absolute Gasteiger partial charge is 0.456 e. The fraction of sp³-hybridized carbons (Fsp3) is 0.381. The molecule has 2 aromatic carbocycles. The van der Waals surface area contributed by atoms with Crippen molar-refractivity contribution in [3.63, 3.8) is 0 Å². The summed E-state index contributed by atoms with van der Waals surface area (Å²) in [6.07, 6.45) is 4.04. The monoisotopic (exact) mass is 416 g/mol. The van der Waals surface area contributed by atoms with Gasteiger partial charge in [-0.2, -0.15) is 0 Å². The smallest absolute Gasteiger partial charge is 0.256 e. The summed E-state index contributed by atoms with van der Waals surface area (Å²) in [5.74, 6) is 2.18. The number of piperidine rings is 2. The number of para-hydroxylation sites is 1. The van der Waals surface area contributed by atoms with Crippen LogP contribution in [0.5, 0.6) is 11.5 Å². The van der Waals surface area contributed by atoms with E-state index in [0.29, 0.717) is 29.1 Å². The third-order valence-corrected chi connectivity index (χ3v) is 7.70. The van der Waals surface area contributed by atoms with E-state index in [2.05, 4.69) is 9.30 Å². The second kappa shape index (κ2) is 6.49. The standard InChI is InChI=1S/C21H21ClN2O3S/c22-18-3-1-2-4-19(18)27-17-7-5-15(6-8-17)21-11-9-16(10-12-21)24-13-14-28(25,26)23-20(21)24/h1-8,16H,9-14H2. The van der Waals surface area contributed by atoms with Crippen molar-refractivity contribution >= 4 is 27.5 Å². The van der Waals surface area contributed by atoms with Gasteiger partial charge in [-0.15, -0.1) is 4.40 Å². The van der Waals surface area contributed by atoms with Crippen LogP contribution in [0.4, 0.5) is 0 Å². The van der Waals surface area contributed by atoms with Gasteiger partial charge in [-0.25, -0.2) is 8.42 Å². The summed E-state index contributed by atoms with van der Waals surface area (Å²) in [4.78, 5) is 2.24. The molecule has 7 heteroatoms. The Labute approximate surface area is 170 Å². The van der Waals surface area contributed by atoms with Gasteiger partial charge < -0.3 is 9.64 Å². The van der Waals surface area contributed by atoms with Crippen LogP contribution >= 0.6 is 11.6 Å². The Morgan fingerprint density at radius 3 is 2.50 bits per heavy atom. The Balaban J connectivity index is 1.49. The highest BCUT2D eigenvalue weighted by atomic mass is 35.5. The maximum Gasteiger partial charge on any atom is 0.256 e. The van der Waals surface area contributed by atoms with Crippen LogP contribution in [-0.2, 0) is 15.4 Å². The van der Waals surface area contributed by atoms with Crippen LogP contribution in [0.15, 0.2) is 52.9 Å². The predicted molar refractivity (Wildman–Crippen MR) is 110 cm³/mol. The highest BCUT2D eigenvalue weighted by molar-refractivity contribution is 7.90. The zero-order chi connectivity index (χ0) is 19.4. The molecule has 6 rings (SSSR count). The molecule has 3 aliphatic heterocycles. The van der Waals surface area contributed by atoms with E-state index in [1.165, 1.54) is 0 Å². The van der Waals surface area contributed by atoms with Gasteiger partial charge in [0, 0.05) is 12.6 Å². The third kappa shape index (κ3) is 2.90. The lowest BCUT2D eigenvalue weighted by atomic mass is 9.63. The maximum atomic E-state index is 12.2. The molecule has 28 heavy (non-hydrogen) atoms. The second-order valence-corrected chi connectivity index (χ2v) is 9.93. The lowest BCUT2D eigenvalue weighted by Gasteiger charge is -2.55. The molecule has 5 nitrogen and oxygen atoms in total. The average molecular weight is 417 g/mol. The van der Waals surface area contributed by atoms with E-state index in [-0.39, 0.29) is 11.2 Å². The summed E-state index contributed by atoms with van der Waals surface area (Å²) < 4.78 is 34.5. The van der Waals surface area contributed by atoms with Gasteiger partial charge in [0.05, 0.1) is 16.2 Å². The number of fused-ring (bicyclic) bond motifs is 2. The van der Waals surface area contributed by atoms with Crippen molar-refractivity contribution < 1.29 is 13.2 Å². The average Bonchev–Trinajstić information content (AvgIpc) is 2.70. The van der Waals surface area contributed by atoms with Gasteiger partial charge >= 0.3 is 0 Å². The summed E-state index contributed by atoms with van der Waals surface area (Å²) in [5, 5.41) is 0.563. The number of ether oxygens (including phenoxy) is 1. The molecule has 2 aromatic rings. The van der Waals surface area contributed by atoms with E-state index in [9.17, 15) is 8.42 Å². The van der Waals surface area contributed by atoms with Crippen LogP contribution < -0.4 is 4.74 Å². The minimum atomic E-state index is -3.37. The van der Waals surface area contributed by atoms with E-state index >= 15 is 0 Å². The topological polar surface area (TPSA) is 59.0 Å². The zero-order valence-corrected chi connectivity index (χ0v) is 16.9. The molecule has 0 N–H and O–H groups in total. The SMILES string of the molecule is O=S1(=O)CCN2C(=N1)C1(c3ccc(Oc4ccccc4Cl)cc3)CCC2CC1. The van der Waals surface area contributed by atoms with Crippen molar-refractivity contribution in [2.24, 2.45) is 4.40 Å². The van der Waals surface area contributed by atoms with Gasteiger partial charge in [-0.05, 0) is 55.5 Å². The first kappa shape index (κ1) is 18.0. The van der Waals surface area contributed by atoms with Crippen molar-refractivity contribution in [2.75, 3.05) is 12.3 Å². The van der Waals surface area contributed by atoms with Gasteiger partial charge in [0.2, 0.25) is 0 Å². The number of halogens is 1. The number of amidine groups is 1. The molecule has 0 unspecified atom stereocenters. The van der Waals surface area contributed by atoms with E-state index in [1.807, 2.05) is 42.5 Å². The normalized spacial score (nSPS) is 27.8. The van der Waals surface area contributed by atoms with Crippen LogP contribution in [0.3, 0.4) is 0 Å². The van der Waals surface area contributed by atoms with Crippen LogP contribution in [0.2, 0.25) is 5.02 Å². The van der Waals surface area contributed by atoms with E-state index in [4.69, 9.17) is 16.3 Å². The van der Waals surface area contributed by atoms with Crippen LogP contribution in [-0.4, -0.2) is 37.5 Å².